The van der Waals surface area contributed by atoms with E-state index in [4.69, 9.17) is 4.52 Å². The zero-order valence-electron chi connectivity index (χ0n) is 17.3. The lowest BCUT2D eigenvalue weighted by Gasteiger charge is -2.34. The molecule has 0 aliphatic carbocycles. The number of halogens is 3. The van der Waals surface area contributed by atoms with Gasteiger partial charge in [-0.25, -0.2) is 0 Å². The maximum Gasteiger partial charge on any atom is 0.416 e. The number of hydrogen-bond donors (Lipinski definition) is 1. The highest BCUT2D eigenvalue weighted by Gasteiger charge is 2.31. The first kappa shape index (κ1) is 21.1. The van der Waals surface area contributed by atoms with Crippen LogP contribution in [0.2, 0.25) is 0 Å². The van der Waals surface area contributed by atoms with Gasteiger partial charge in [0.2, 0.25) is 11.7 Å². The van der Waals surface area contributed by atoms with E-state index in [0.29, 0.717) is 44.2 Å². The second-order valence-corrected chi connectivity index (χ2v) is 7.80. The monoisotopic (exact) mass is 456 g/mol. The van der Waals surface area contributed by atoms with Gasteiger partial charge in [-0.15, -0.1) is 0 Å². The van der Waals surface area contributed by atoms with Gasteiger partial charge in [-0.2, -0.15) is 23.3 Å². The van der Waals surface area contributed by atoms with Crippen molar-refractivity contribution in [3.63, 3.8) is 0 Å². The van der Waals surface area contributed by atoms with E-state index < -0.39 is 11.7 Å². The summed E-state index contributed by atoms with van der Waals surface area (Å²) >= 11 is 0. The number of aromatic nitrogens is 4. The van der Waals surface area contributed by atoms with Gasteiger partial charge in [0.1, 0.15) is 0 Å². The molecule has 0 spiro atoms. The number of rotatable bonds is 4. The van der Waals surface area contributed by atoms with Gasteiger partial charge in [0.25, 0.3) is 5.91 Å². The number of nitrogens with one attached hydrogen (secondary N) is 1. The number of carbonyl (C=O) groups excluding carboxylic acids is 1. The summed E-state index contributed by atoms with van der Waals surface area (Å²) in [6.07, 6.45) is -2.76. The number of aromatic amines is 1. The number of piperazine rings is 1. The molecule has 33 heavy (non-hydrogen) atoms. The molecule has 4 aromatic rings. The highest BCUT2D eigenvalue weighted by Crippen LogP contribution is 2.31. The largest absolute Gasteiger partial charge is 0.416 e. The van der Waals surface area contributed by atoms with Crippen LogP contribution in [0.3, 0.4) is 0 Å². The minimum Gasteiger partial charge on any atom is -0.338 e. The molecule has 1 aliphatic rings. The van der Waals surface area contributed by atoms with E-state index in [0.717, 1.165) is 23.0 Å². The lowest BCUT2D eigenvalue weighted by Crippen LogP contribution is -2.48. The average molecular weight is 456 g/mol. The summed E-state index contributed by atoms with van der Waals surface area (Å²) < 4.78 is 44.1. The average Bonchev–Trinajstić information content (AvgIpc) is 3.48. The smallest absolute Gasteiger partial charge is 0.338 e. The molecule has 1 amide bonds. The lowest BCUT2D eigenvalue weighted by atomic mass is 10.1. The van der Waals surface area contributed by atoms with E-state index in [1.54, 1.807) is 17.2 Å². The Balaban J connectivity index is 1.21. The molecule has 0 atom stereocenters. The summed E-state index contributed by atoms with van der Waals surface area (Å²) in [6.45, 7) is 2.61. The summed E-state index contributed by atoms with van der Waals surface area (Å²) in [7, 11) is 0. The number of hydrogen-bond acceptors (Lipinski definition) is 6. The number of benzene rings is 2. The molecule has 0 saturated carbocycles. The van der Waals surface area contributed by atoms with E-state index in [-0.39, 0.29) is 17.3 Å². The molecule has 5 rings (SSSR count). The van der Waals surface area contributed by atoms with Crippen molar-refractivity contribution < 1.29 is 22.5 Å². The first-order chi connectivity index (χ1) is 15.9. The van der Waals surface area contributed by atoms with Crippen molar-refractivity contribution in [3.8, 4) is 11.4 Å². The van der Waals surface area contributed by atoms with E-state index in [9.17, 15) is 18.0 Å². The third-order valence-corrected chi connectivity index (χ3v) is 5.64. The molecular weight excluding hydrogens is 437 g/mol. The van der Waals surface area contributed by atoms with Crippen LogP contribution in [0, 0.1) is 0 Å². The highest BCUT2D eigenvalue weighted by atomic mass is 19.4. The Labute approximate surface area is 186 Å². The van der Waals surface area contributed by atoms with E-state index in [1.165, 1.54) is 12.1 Å². The summed E-state index contributed by atoms with van der Waals surface area (Å²) in [5.41, 5.74) is 0.778. The Hall–Kier alpha value is -3.73. The van der Waals surface area contributed by atoms with E-state index in [1.807, 2.05) is 12.1 Å². The van der Waals surface area contributed by atoms with Crippen molar-refractivity contribution in [2.24, 2.45) is 0 Å². The highest BCUT2D eigenvalue weighted by molar-refractivity contribution is 6.05. The summed E-state index contributed by atoms with van der Waals surface area (Å²) in [5.74, 6) is 0.358. The third-order valence-electron chi connectivity index (χ3n) is 5.64. The SMILES string of the molecule is O=C(c1cccc2cn[nH]c12)N1CCN(Cc2nc(-c3cccc(C(F)(F)F)c3)no2)CC1. The minimum absolute atomic E-state index is 0.0610. The standard InChI is InChI=1S/C22H19F3N6O2/c23-22(24,25)16-5-1-3-14(11-16)20-27-18(33-29-20)13-30-7-9-31(10-8-30)21(32)17-6-2-4-15-12-26-28-19(15)17/h1-6,11-12H,7-10,13H2,(H,26,28). The van der Waals surface area contributed by atoms with Crippen LogP contribution >= 0.6 is 0 Å². The van der Waals surface area contributed by atoms with Crippen LogP contribution in [0.5, 0.6) is 0 Å². The number of nitrogens with zero attached hydrogens (tertiary/aromatic N) is 5. The second kappa shape index (κ2) is 8.32. The van der Waals surface area contributed by atoms with Crippen molar-refractivity contribution in [2.45, 2.75) is 12.7 Å². The molecule has 2 aromatic heterocycles. The van der Waals surface area contributed by atoms with Gasteiger partial charge in [0.05, 0.1) is 29.4 Å². The molecular formula is C22H19F3N6O2. The number of amides is 1. The molecule has 170 valence electrons. The number of fused-ring (bicyclic) bond motifs is 1. The fourth-order valence-corrected chi connectivity index (χ4v) is 3.89. The molecule has 1 saturated heterocycles. The Morgan fingerprint density at radius 3 is 2.67 bits per heavy atom. The van der Waals surface area contributed by atoms with Crippen molar-refractivity contribution in [1.82, 2.24) is 30.1 Å². The first-order valence-corrected chi connectivity index (χ1v) is 10.3. The van der Waals surface area contributed by atoms with Gasteiger partial charge in [-0.3, -0.25) is 14.8 Å². The first-order valence-electron chi connectivity index (χ1n) is 10.3. The van der Waals surface area contributed by atoms with Crippen LogP contribution in [-0.4, -0.2) is 62.2 Å². The third kappa shape index (κ3) is 4.31. The summed E-state index contributed by atoms with van der Waals surface area (Å²) in [4.78, 5) is 21.1. The molecule has 8 nitrogen and oxygen atoms in total. The molecule has 1 fully saturated rings. The van der Waals surface area contributed by atoms with Gasteiger partial charge < -0.3 is 9.42 Å². The maximum atomic E-state index is 13.0. The number of para-hydroxylation sites is 1. The Bertz CT molecular complexity index is 1290. The van der Waals surface area contributed by atoms with Crippen LogP contribution in [-0.2, 0) is 12.7 Å². The van der Waals surface area contributed by atoms with Crippen molar-refractivity contribution >= 4 is 16.8 Å². The van der Waals surface area contributed by atoms with E-state index in [2.05, 4.69) is 25.2 Å². The normalized spacial score (nSPS) is 15.3. The van der Waals surface area contributed by atoms with Crippen LogP contribution in [0.15, 0.2) is 53.2 Å². The Morgan fingerprint density at radius 1 is 1.09 bits per heavy atom. The van der Waals surface area contributed by atoms with Crippen molar-refractivity contribution in [1.29, 1.82) is 0 Å². The van der Waals surface area contributed by atoms with Gasteiger partial charge in [0, 0.05) is 37.1 Å². The fraction of sp³-hybridized carbons (Fsp3) is 0.273. The van der Waals surface area contributed by atoms with Gasteiger partial charge in [-0.05, 0) is 18.2 Å². The topological polar surface area (TPSA) is 91.2 Å². The summed E-state index contributed by atoms with van der Waals surface area (Å²) in [5, 5.41) is 11.6. The van der Waals surface area contributed by atoms with Crippen molar-refractivity contribution in [3.05, 3.63) is 65.7 Å². The Morgan fingerprint density at radius 2 is 1.88 bits per heavy atom. The molecule has 1 N–H and O–H groups in total. The zero-order valence-corrected chi connectivity index (χ0v) is 17.3. The number of H-pyrrole nitrogens is 1. The number of carbonyl (C=O) groups is 1. The lowest BCUT2D eigenvalue weighted by molar-refractivity contribution is -0.137. The van der Waals surface area contributed by atoms with Gasteiger partial charge >= 0.3 is 6.18 Å². The second-order valence-electron chi connectivity index (χ2n) is 7.80. The quantitative estimate of drug-likeness (QED) is 0.505. The molecule has 2 aromatic carbocycles. The number of alkyl halides is 3. The molecule has 0 bridgehead atoms. The molecule has 0 radical (unpaired) electrons. The summed E-state index contributed by atoms with van der Waals surface area (Å²) in [6, 6.07) is 10.3. The van der Waals surface area contributed by atoms with Crippen LogP contribution in [0.1, 0.15) is 21.8 Å². The van der Waals surface area contributed by atoms with Crippen molar-refractivity contribution in [2.75, 3.05) is 26.2 Å². The minimum atomic E-state index is -4.44. The van der Waals surface area contributed by atoms with E-state index >= 15 is 0 Å². The van der Waals surface area contributed by atoms with Gasteiger partial charge in [0.15, 0.2) is 0 Å². The molecule has 11 heteroatoms. The zero-order chi connectivity index (χ0) is 23.0. The van der Waals surface area contributed by atoms with Crippen LogP contribution < -0.4 is 0 Å². The predicted molar refractivity (Wildman–Crippen MR) is 112 cm³/mol. The van der Waals surface area contributed by atoms with Crippen LogP contribution in [0.4, 0.5) is 13.2 Å². The fourth-order valence-electron chi connectivity index (χ4n) is 3.89. The van der Waals surface area contributed by atoms with Crippen LogP contribution in [0.25, 0.3) is 22.3 Å². The predicted octanol–water partition coefficient (Wildman–Crippen LogP) is 3.59. The molecule has 0 unspecified atom stereocenters. The molecule has 1 aliphatic heterocycles. The maximum absolute atomic E-state index is 13.0. The Kier molecular flexibility index (Phi) is 5.33. The van der Waals surface area contributed by atoms with Gasteiger partial charge in [-0.1, -0.05) is 29.4 Å². The molecule has 3 heterocycles.